The van der Waals surface area contributed by atoms with Gasteiger partial charge in [0, 0.05) is 37.8 Å². The third-order valence-corrected chi connectivity index (χ3v) is 6.45. The van der Waals surface area contributed by atoms with Crippen LogP contribution >= 0.6 is 0 Å². The normalized spacial score (nSPS) is 21.1. The first-order valence-corrected chi connectivity index (χ1v) is 10.7. The van der Waals surface area contributed by atoms with Crippen molar-refractivity contribution < 1.29 is 27.4 Å². The van der Waals surface area contributed by atoms with Crippen molar-refractivity contribution in [1.29, 1.82) is 0 Å². The molecule has 0 spiro atoms. The number of carbonyl (C=O) groups is 1. The number of fused-ring (bicyclic) bond motifs is 2. The monoisotopic (exact) mass is 448 g/mol. The summed E-state index contributed by atoms with van der Waals surface area (Å²) in [6.07, 6.45) is -3.26. The predicted molar refractivity (Wildman–Crippen MR) is 117 cm³/mol. The zero-order valence-electron chi connectivity index (χ0n) is 18.2. The van der Waals surface area contributed by atoms with Gasteiger partial charge in [-0.15, -0.1) is 0 Å². The minimum absolute atomic E-state index is 0.651. The first-order chi connectivity index (χ1) is 15.3. The summed E-state index contributed by atoms with van der Waals surface area (Å²) in [4.78, 5) is 11.3. The fourth-order valence-corrected chi connectivity index (χ4v) is 5.09. The second kappa shape index (κ2) is 9.02. The summed E-state index contributed by atoms with van der Waals surface area (Å²) in [6, 6.07) is 11.1. The molecule has 3 heterocycles. The zero-order valence-corrected chi connectivity index (χ0v) is 18.2. The average Bonchev–Trinajstić information content (AvgIpc) is 3.27. The smallest absolute Gasteiger partial charge is 0.446 e. The highest BCUT2D eigenvalue weighted by atomic mass is 19.4. The largest absolute Gasteiger partial charge is 0.493 e. The van der Waals surface area contributed by atoms with Crippen LogP contribution in [0.15, 0.2) is 30.3 Å². The van der Waals surface area contributed by atoms with Crippen molar-refractivity contribution >= 4 is 12.0 Å². The Bertz CT molecular complexity index is 993. The van der Waals surface area contributed by atoms with Gasteiger partial charge in [0.15, 0.2) is 11.5 Å². The topological polar surface area (TPSA) is 50.8 Å². The quantitative estimate of drug-likeness (QED) is 0.714. The molecule has 2 aromatic carbocycles. The Kier molecular flexibility index (Phi) is 6.33. The molecule has 0 radical (unpaired) electrons. The third-order valence-electron chi connectivity index (χ3n) is 6.45. The molecule has 2 aromatic rings. The highest BCUT2D eigenvalue weighted by Gasteiger charge is 2.39. The Balaban J connectivity index is 0.000000363. The molecule has 1 saturated heterocycles. The predicted octanol–water partition coefficient (Wildman–Crippen LogP) is 4.19. The van der Waals surface area contributed by atoms with E-state index in [2.05, 4.69) is 34.5 Å². The van der Waals surface area contributed by atoms with Crippen molar-refractivity contribution in [2.75, 3.05) is 45.3 Å². The maximum Gasteiger partial charge on any atom is 0.446 e. The van der Waals surface area contributed by atoms with Crippen LogP contribution in [-0.2, 0) is 11.2 Å². The maximum atomic E-state index is 10.4. The number of anilines is 1. The minimum atomic E-state index is -4.64. The Hall–Kier alpha value is -2.74. The van der Waals surface area contributed by atoms with Crippen LogP contribution in [0.2, 0.25) is 0 Å². The molecular formula is C24H27F3N2O3. The van der Waals surface area contributed by atoms with E-state index in [1.807, 2.05) is 6.07 Å². The molecule has 0 aromatic heterocycles. The molecule has 0 bridgehead atoms. The summed E-state index contributed by atoms with van der Waals surface area (Å²) in [6.45, 7) is 4.68. The van der Waals surface area contributed by atoms with E-state index in [-0.39, 0.29) is 0 Å². The van der Waals surface area contributed by atoms with Crippen molar-refractivity contribution in [3.63, 3.8) is 0 Å². The number of aryl methyl sites for hydroxylation is 1. The summed E-state index contributed by atoms with van der Waals surface area (Å²) in [5, 5.41) is 3.62. The van der Waals surface area contributed by atoms with E-state index < -0.39 is 12.5 Å². The van der Waals surface area contributed by atoms with Gasteiger partial charge >= 0.3 is 6.18 Å². The van der Waals surface area contributed by atoms with Gasteiger partial charge in [-0.3, -0.25) is 4.79 Å². The summed E-state index contributed by atoms with van der Waals surface area (Å²) in [5.74, 6) is 2.97. The second-order valence-electron chi connectivity index (χ2n) is 8.38. The fourth-order valence-electron chi connectivity index (χ4n) is 5.09. The first-order valence-electron chi connectivity index (χ1n) is 10.7. The molecular weight excluding hydrogens is 421 g/mol. The molecule has 2 atom stereocenters. The SMILES string of the molecule is COc1ccc(-c2cc3c4c(c2)[C@@H]2CNC[C@@H]2CN4CCC3)cc1OC.O=CC(F)(F)F. The highest BCUT2D eigenvalue weighted by Crippen LogP contribution is 2.46. The van der Waals surface area contributed by atoms with Gasteiger partial charge in [-0.2, -0.15) is 13.2 Å². The highest BCUT2D eigenvalue weighted by molar-refractivity contribution is 5.76. The van der Waals surface area contributed by atoms with Crippen LogP contribution in [0.1, 0.15) is 23.5 Å². The lowest BCUT2D eigenvalue weighted by Crippen LogP contribution is -2.40. The number of ether oxygens (including phenoxy) is 2. The van der Waals surface area contributed by atoms with E-state index in [4.69, 9.17) is 14.3 Å². The van der Waals surface area contributed by atoms with Crippen LogP contribution in [-0.4, -0.2) is 52.9 Å². The molecule has 0 saturated carbocycles. The Labute approximate surface area is 185 Å². The Morgan fingerprint density at radius 2 is 1.81 bits per heavy atom. The lowest BCUT2D eigenvalue weighted by atomic mass is 9.79. The number of nitrogens with one attached hydrogen (secondary N) is 1. The number of rotatable bonds is 3. The number of methoxy groups -OCH3 is 2. The number of halogens is 3. The van der Waals surface area contributed by atoms with Crippen LogP contribution in [0.3, 0.4) is 0 Å². The average molecular weight is 448 g/mol. The Morgan fingerprint density at radius 1 is 1.06 bits per heavy atom. The molecule has 5 nitrogen and oxygen atoms in total. The van der Waals surface area contributed by atoms with Crippen LogP contribution in [0.4, 0.5) is 18.9 Å². The van der Waals surface area contributed by atoms with Gasteiger partial charge in [0.1, 0.15) is 0 Å². The molecule has 5 rings (SSSR count). The number of carbonyl (C=O) groups excluding carboxylic acids is 1. The van der Waals surface area contributed by atoms with E-state index >= 15 is 0 Å². The van der Waals surface area contributed by atoms with Gasteiger partial charge in [-0.1, -0.05) is 6.07 Å². The molecule has 1 N–H and O–H groups in total. The fraction of sp³-hybridized carbons (Fsp3) is 0.458. The molecule has 0 aliphatic carbocycles. The molecule has 0 amide bonds. The Morgan fingerprint density at radius 3 is 2.50 bits per heavy atom. The number of benzene rings is 2. The molecule has 1 fully saturated rings. The minimum Gasteiger partial charge on any atom is -0.493 e. The number of aldehydes is 1. The van der Waals surface area contributed by atoms with E-state index in [1.165, 1.54) is 48.3 Å². The van der Waals surface area contributed by atoms with Crippen LogP contribution in [0.25, 0.3) is 11.1 Å². The maximum absolute atomic E-state index is 10.4. The molecule has 8 heteroatoms. The van der Waals surface area contributed by atoms with Gasteiger partial charge in [-0.05, 0) is 65.3 Å². The van der Waals surface area contributed by atoms with Crippen molar-refractivity contribution in [2.45, 2.75) is 24.9 Å². The van der Waals surface area contributed by atoms with E-state index in [9.17, 15) is 13.2 Å². The first kappa shape index (κ1) is 22.5. The number of hydrogen-bond donors (Lipinski definition) is 1. The van der Waals surface area contributed by atoms with Gasteiger partial charge in [0.2, 0.25) is 6.29 Å². The van der Waals surface area contributed by atoms with Crippen LogP contribution < -0.4 is 19.7 Å². The van der Waals surface area contributed by atoms with E-state index in [0.29, 0.717) is 5.92 Å². The molecule has 3 aliphatic rings. The summed E-state index contributed by atoms with van der Waals surface area (Å²) in [5.41, 5.74) is 7.10. The lowest BCUT2D eigenvalue weighted by Gasteiger charge is -2.42. The van der Waals surface area contributed by atoms with Gasteiger partial charge in [0.05, 0.1) is 14.2 Å². The van der Waals surface area contributed by atoms with Gasteiger partial charge in [0.25, 0.3) is 0 Å². The molecule has 172 valence electrons. The summed E-state index contributed by atoms with van der Waals surface area (Å²) >= 11 is 0. The molecule has 3 aliphatic heterocycles. The third kappa shape index (κ3) is 4.41. The molecule has 32 heavy (non-hydrogen) atoms. The second-order valence-corrected chi connectivity index (χ2v) is 8.38. The number of nitrogens with zero attached hydrogens (tertiary/aromatic N) is 1. The standard InChI is InChI=1S/C22H26N2O2.C2HF3O/c1-25-20-6-5-14(10-21(20)26-2)16-8-15-4-3-7-24-13-17-11-23-12-19(17)18(9-16)22(15)24;3-2(4,5)1-6/h5-6,8-10,17,19,23H,3-4,7,11-13H2,1-2H3;1H/t17-,19-;/m1./s1. The number of alkyl halides is 3. The van der Waals surface area contributed by atoms with Crippen molar-refractivity contribution in [1.82, 2.24) is 5.32 Å². The summed E-state index contributed by atoms with van der Waals surface area (Å²) in [7, 11) is 3.38. The summed E-state index contributed by atoms with van der Waals surface area (Å²) < 4.78 is 42.2. The van der Waals surface area contributed by atoms with Crippen LogP contribution in [0.5, 0.6) is 11.5 Å². The van der Waals surface area contributed by atoms with Crippen molar-refractivity contribution in [3.8, 4) is 22.6 Å². The van der Waals surface area contributed by atoms with E-state index in [0.717, 1.165) is 30.5 Å². The lowest BCUT2D eigenvalue weighted by molar-refractivity contribution is -0.156. The molecule has 0 unspecified atom stereocenters. The van der Waals surface area contributed by atoms with Gasteiger partial charge in [-0.25, -0.2) is 0 Å². The van der Waals surface area contributed by atoms with Crippen molar-refractivity contribution in [2.24, 2.45) is 5.92 Å². The van der Waals surface area contributed by atoms with Crippen LogP contribution in [0, 0.1) is 5.92 Å². The van der Waals surface area contributed by atoms with Crippen molar-refractivity contribution in [3.05, 3.63) is 41.5 Å². The number of hydrogen-bond acceptors (Lipinski definition) is 5. The zero-order chi connectivity index (χ0) is 22.9. The van der Waals surface area contributed by atoms with E-state index in [1.54, 1.807) is 19.8 Å². The van der Waals surface area contributed by atoms with Gasteiger partial charge < -0.3 is 19.7 Å².